The molecular weight excluding hydrogens is 436 g/mol. The lowest BCUT2D eigenvalue weighted by atomic mass is 9.98. The average Bonchev–Trinajstić information content (AvgIpc) is 2.84. The molecular formula is C26H38N2O6. The van der Waals surface area contributed by atoms with E-state index in [0.717, 1.165) is 24.8 Å². The summed E-state index contributed by atoms with van der Waals surface area (Å²) in [6, 6.07) is 8.73. The van der Waals surface area contributed by atoms with Crippen molar-refractivity contribution in [3.8, 4) is 0 Å². The Morgan fingerprint density at radius 2 is 1.82 bits per heavy atom. The average molecular weight is 475 g/mol. The van der Waals surface area contributed by atoms with Gasteiger partial charge in [-0.2, -0.15) is 0 Å². The maximum Gasteiger partial charge on any atom is 0.305 e. The SMILES string of the molecule is C=CCCCCC(=O)OCC(NC(=O)C(CC=C)CC(=O)NCCOCCO)c1ccccc1. The van der Waals surface area contributed by atoms with Crippen LogP contribution in [0.3, 0.4) is 0 Å². The van der Waals surface area contributed by atoms with Gasteiger partial charge in [-0.1, -0.05) is 42.5 Å². The number of aliphatic hydroxyl groups excluding tert-OH is 1. The molecule has 0 saturated carbocycles. The minimum Gasteiger partial charge on any atom is -0.463 e. The Morgan fingerprint density at radius 1 is 1.06 bits per heavy atom. The first kappa shape index (κ1) is 29.1. The number of aliphatic hydroxyl groups is 1. The predicted octanol–water partition coefficient (Wildman–Crippen LogP) is 2.84. The van der Waals surface area contributed by atoms with Crippen LogP contribution in [0.25, 0.3) is 0 Å². The van der Waals surface area contributed by atoms with Crippen molar-refractivity contribution in [3.05, 3.63) is 61.2 Å². The number of esters is 1. The number of allylic oxidation sites excluding steroid dienone is 2. The summed E-state index contributed by atoms with van der Waals surface area (Å²) in [5.41, 5.74) is 0.804. The molecule has 2 unspecified atom stereocenters. The lowest BCUT2D eigenvalue weighted by molar-refractivity contribution is -0.145. The van der Waals surface area contributed by atoms with Crippen molar-refractivity contribution >= 4 is 17.8 Å². The summed E-state index contributed by atoms with van der Waals surface area (Å²) in [5, 5.41) is 14.3. The number of unbranched alkanes of at least 4 members (excludes halogenated alkanes) is 2. The summed E-state index contributed by atoms with van der Waals surface area (Å²) in [6.45, 7) is 8.06. The molecule has 0 heterocycles. The summed E-state index contributed by atoms with van der Waals surface area (Å²) < 4.78 is 10.5. The number of ether oxygens (including phenoxy) is 2. The molecule has 1 aromatic carbocycles. The molecule has 34 heavy (non-hydrogen) atoms. The molecule has 0 fully saturated rings. The molecule has 3 N–H and O–H groups in total. The van der Waals surface area contributed by atoms with E-state index < -0.39 is 12.0 Å². The van der Waals surface area contributed by atoms with E-state index in [9.17, 15) is 14.4 Å². The van der Waals surface area contributed by atoms with Crippen LogP contribution in [0, 0.1) is 5.92 Å². The molecule has 0 aliphatic carbocycles. The number of benzene rings is 1. The van der Waals surface area contributed by atoms with E-state index in [2.05, 4.69) is 23.8 Å². The van der Waals surface area contributed by atoms with Crippen molar-refractivity contribution in [3.63, 3.8) is 0 Å². The topological polar surface area (TPSA) is 114 Å². The summed E-state index contributed by atoms with van der Waals surface area (Å²) in [5.74, 6) is -1.53. The monoisotopic (exact) mass is 474 g/mol. The van der Waals surface area contributed by atoms with Crippen molar-refractivity contribution < 1.29 is 29.0 Å². The zero-order valence-corrected chi connectivity index (χ0v) is 19.9. The van der Waals surface area contributed by atoms with Crippen molar-refractivity contribution in [2.45, 2.75) is 44.6 Å². The van der Waals surface area contributed by atoms with Crippen LogP contribution in [-0.4, -0.2) is 55.9 Å². The summed E-state index contributed by atoms with van der Waals surface area (Å²) in [7, 11) is 0. The van der Waals surface area contributed by atoms with Gasteiger partial charge in [0, 0.05) is 19.4 Å². The van der Waals surface area contributed by atoms with E-state index in [0.29, 0.717) is 12.8 Å². The smallest absolute Gasteiger partial charge is 0.305 e. The van der Waals surface area contributed by atoms with Gasteiger partial charge < -0.3 is 25.2 Å². The van der Waals surface area contributed by atoms with E-state index in [1.807, 2.05) is 36.4 Å². The fraction of sp³-hybridized carbons (Fsp3) is 0.500. The van der Waals surface area contributed by atoms with Crippen LogP contribution in [0.15, 0.2) is 55.6 Å². The van der Waals surface area contributed by atoms with Gasteiger partial charge in [-0.25, -0.2) is 0 Å². The van der Waals surface area contributed by atoms with Gasteiger partial charge in [0.05, 0.1) is 31.8 Å². The van der Waals surface area contributed by atoms with E-state index in [4.69, 9.17) is 14.6 Å². The lowest BCUT2D eigenvalue weighted by Gasteiger charge is -2.22. The molecule has 0 aliphatic heterocycles. The van der Waals surface area contributed by atoms with Gasteiger partial charge in [0.25, 0.3) is 0 Å². The molecule has 8 heteroatoms. The van der Waals surface area contributed by atoms with E-state index in [1.165, 1.54) is 0 Å². The first-order chi connectivity index (χ1) is 16.5. The van der Waals surface area contributed by atoms with Gasteiger partial charge in [-0.05, 0) is 31.2 Å². The molecule has 0 radical (unpaired) electrons. The fourth-order valence-electron chi connectivity index (χ4n) is 3.21. The van der Waals surface area contributed by atoms with Crippen LogP contribution in [-0.2, 0) is 23.9 Å². The highest BCUT2D eigenvalue weighted by atomic mass is 16.5. The van der Waals surface area contributed by atoms with Crippen molar-refractivity contribution in [2.75, 3.05) is 33.0 Å². The summed E-state index contributed by atoms with van der Waals surface area (Å²) >= 11 is 0. The largest absolute Gasteiger partial charge is 0.463 e. The highest BCUT2D eigenvalue weighted by molar-refractivity contribution is 5.86. The highest BCUT2D eigenvalue weighted by Gasteiger charge is 2.24. The maximum atomic E-state index is 13.0. The molecule has 0 bridgehead atoms. The molecule has 0 saturated heterocycles. The summed E-state index contributed by atoms with van der Waals surface area (Å²) in [4.78, 5) is 37.4. The zero-order valence-electron chi connectivity index (χ0n) is 19.9. The molecule has 0 aliphatic rings. The molecule has 188 valence electrons. The maximum absolute atomic E-state index is 13.0. The third-order valence-electron chi connectivity index (χ3n) is 5.03. The Morgan fingerprint density at radius 3 is 2.50 bits per heavy atom. The van der Waals surface area contributed by atoms with Crippen LogP contribution >= 0.6 is 0 Å². The number of hydrogen-bond acceptors (Lipinski definition) is 6. The summed E-state index contributed by atoms with van der Waals surface area (Å²) in [6.07, 6.45) is 6.48. The van der Waals surface area contributed by atoms with E-state index >= 15 is 0 Å². The van der Waals surface area contributed by atoms with Crippen LogP contribution in [0.2, 0.25) is 0 Å². The Bertz CT molecular complexity index is 753. The molecule has 2 atom stereocenters. The van der Waals surface area contributed by atoms with Crippen molar-refractivity contribution in [1.29, 1.82) is 0 Å². The third kappa shape index (κ3) is 12.9. The Hall–Kier alpha value is -2.97. The van der Waals surface area contributed by atoms with E-state index in [-0.39, 0.29) is 57.2 Å². The predicted molar refractivity (Wildman–Crippen MR) is 131 cm³/mol. The van der Waals surface area contributed by atoms with Gasteiger partial charge >= 0.3 is 5.97 Å². The second-order valence-electron chi connectivity index (χ2n) is 7.80. The van der Waals surface area contributed by atoms with Crippen LogP contribution < -0.4 is 10.6 Å². The minimum absolute atomic E-state index is 0.00521. The van der Waals surface area contributed by atoms with Crippen LogP contribution in [0.4, 0.5) is 0 Å². The van der Waals surface area contributed by atoms with Crippen molar-refractivity contribution in [1.82, 2.24) is 10.6 Å². The zero-order chi connectivity index (χ0) is 25.0. The van der Waals surface area contributed by atoms with Crippen LogP contribution in [0.1, 0.15) is 50.1 Å². The Balaban J connectivity index is 2.68. The Kier molecular flexibility index (Phi) is 15.8. The molecule has 1 rings (SSSR count). The third-order valence-corrected chi connectivity index (χ3v) is 5.03. The number of rotatable bonds is 19. The molecule has 2 amide bonds. The van der Waals surface area contributed by atoms with E-state index in [1.54, 1.807) is 6.08 Å². The molecule has 8 nitrogen and oxygen atoms in total. The highest BCUT2D eigenvalue weighted by Crippen LogP contribution is 2.17. The van der Waals surface area contributed by atoms with Gasteiger partial charge in [-0.15, -0.1) is 13.2 Å². The normalized spacial score (nSPS) is 12.3. The van der Waals surface area contributed by atoms with Gasteiger partial charge in [0.2, 0.25) is 11.8 Å². The number of hydrogen-bond donors (Lipinski definition) is 3. The van der Waals surface area contributed by atoms with Gasteiger partial charge in [0.15, 0.2) is 0 Å². The Labute approximate surface area is 202 Å². The second kappa shape index (κ2) is 18.5. The number of carbonyl (C=O) groups excluding carboxylic acids is 3. The quantitative estimate of drug-likeness (QED) is 0.161. The fourth-order valence-corrected chi connectivity index (χ4v) is 3.21. The molecule has 1 aromatic rings. The molecule has 0 aromatic heterocycles. The lowest BCUT2D eigenvalue weighted by Crippen LogP contribution is -2.39. The van der Waals surface area contributed by atoms with Gasteiger partial charge in [0.1, 0.15) is 6.61 Å². The number of carbonyl (C=O) groups is 3. The first-order valence-electron chi connectivity index (χ1n) is 11.7. The number of amides is 2. The number of nitrogens with one attached hydrogen (secondary N) is 2. The first-order valence-corrected chi connectivity index (χ1v) is 11.7. The van der Waals surface area contributed by atoms with Gasteiger partial charge in [-0.3, -0.25) is 14.4 Å². The van der Waals surface area contributed by atoms with Crippen LogP contribution in [0.5, 0.6) is 0 Å². The standard InChI is InChI=1S/C26H38N2O6/c1-3-5-6-10-14-25(31)34-20-23(21-12-8-7-9-13-21)28-26(32)22(11-4-2)19-24(30)27-15-17-33-18-16-29/h3-4,7-9,12-13,22-23,29H,1-2,5-6,10-11,14-20H2,(H,27,30)(H,28,32). The minimum atomic E-state index is -0.614. The molecule has 0 spiro atoms. The second-order valence-corrected chi connectivity index (χ2v) is 7.80. The van der Waals surface area contributed by atoms with Crippen molar-refractivity contribution in [2.24, 2.45) is 5.92 Å².